The number of hydrogen-bond acceptors (Lipinski definition) is 2. The minimum absolute atomic E-state index is 0.200. The molecule has 0 aromatic heterocycles. The number of rotatable bonds is 2. The summed E-state index contributed by atoms with van der Waals surface area (Å²) in [6, 6.07) is 9.10. The van der Waals surface area contributed by atoms with Crippen molar-refractivity contribution in [3.63, 3.8) is 0 Å². The van der Waals surface area contributed by atoms with Crippen LogP contribution in [0.25, 0.3) is 10.8 Å². The van der Waals surface area contributed by atoms with Crippen molar-refractivity contribution in [2.24, 2.45) is 0 Å². The fourth-order valence-corrected chi connectivity index (χ4v) is 1.61. The minimum Gasteiger partial charge on any atom is -0.494 e. The lowest BCUT2D eigenvalue weighted by atomic mass is 10.1. The molecule has 3 heteroatoms. The number of hydrogen-bond donors (Lipinski definition) is 0. The van der Waals surface area contributed by atoms with Gasteiger partial charge in [0.05, 0.1) is 14.2 Å². The van der Waals surface area contributed by atoms with Gasteiger partial charge in [-0.3, -0.25) is 0 Å². The highest BCUT2D eigenvalue weighted by molar-refractivity contribution is 5.90. The van der Waals surface area contributed by atoms with E-state index in [1.165, 1.54) is 14.2 Å². The maximum absolute atomic E-state index is 13.8. The van der Waals surface area contributed by atoms with Crippen molar-refractivity contribution < 1.29 is 13.9 Å². The van der Waals surface area contributed by atoms with Crippen LogP contribution in [0.5, 0.6) is 11.5 Å². The van der Waals surface area contributed by atoms with E-state index >= 15 is 0 Å². The van der Waals surface area contributed by atoms with Gasteiger partial charge in [0.25, 0.3) is 0 Å². The van der Waals surface area contributed by atoms with Crippen LogP contribution in [0.3, 0.4) is 0 Å². The summed E-state index contributed by atoms with van der Waals surface area (Å²) in [6.45, 7) is 0. The average Bonchev–Trinajstić information content (AvgIpc) is 2.28. The van der Waals surface area contributed by atoms with Crippen LogP contribution in [0.1, 0.15) is 0 Å². The van der Waals surface area contributed by atoms with Crippen molar-refractivity contribution in [2.75, 3.05) is 14.2 Å². The van der Waals surface area contributed by atoms with Crippen molar-refractivity contribution in [2.45, 2.75) is 0 Å². The van der Waals surface area contributed by atoms with Crippen LogP contribution in [0.15, 0.2) is 30.3 Å². The van der Waals surface area contributed by atoms with Crippen LogP contribution >= 0.6 is 0 Å². The van der Waals surface area contributed by atoms with Crippen LogP contribution in [0.4, 0.5) is 4.39 Å². The molecular formula is C12H11FO2. The van der Waals surface area contributed by atoms with E-state index in [9.17, 15) is 4.39 Å². The van der Waals surface area contributed by atoms with Crippen LogP contribution < -0.4 is 9.47 Å². The Morgan fingerprint density at radius 1 is 1.07 bits per heavy atom. The highest BCUT2D eigenvalue weighted by Gasteiger charge is 2.13. The van der Waals surface area contributed by atoms with Gasteiger partial charge in [0.15, 0.2) is 11.5 Å². The predicted octanol–water partition coefficient (Wildman–Crippen LogP) is 3.00. The van der Waals surface area contributed by atoms with E-state index in [-0.39, 0.29) is 11.5 Å². The van der Waals surface area contributed by atoms with E-state index in [0.717, 1.165) is 10.8 Å². The summed E-state index contributed by atoms with van der Waals surface area (Å²) in [6.07, 6.45) is 0. The second-order valence-electron chi connectivity index (χ2n) is 3.15. The van der Waals surface area contributed by atoms with E-state index in [1.54, 1.807) is 6.07 Å². The quantitative estimate of drug-likeness (QED) is 0.752. The highest BCUT2D eigenvalue weighted by atomic mass is 19.1. The fourth-order valence-electron chi connectivity index (χ4n) is 1.61. The molecule has 0 saturated heterocycles. The molecule has 0 heterocycles. The van der Waals surface area contributed by atoms with Gasteiger partial charge in [-0.2, -0.15) is 4.39 Å². The first-order valence-electron chi connectivity index (χ1n) is 4.57. The maximum Gasteiger partial charge on any atom is 0.207 e. The van der Waals surface area contributed by atoms with Gasteiger partial charge in [0, 0.05) is 5.39 Å². The molecule has 0 bridgehead atoms. The SMILES string of the molecule is COc1cc2ccccc2c(OC)c1F. The largest absolute Gasteiger partial charge is 0.494 e. The van der Waals surface area contributed by atoms with Crippen molar-refractivity contribution in [1.82, 2.24) is 0 Å². The number of methoxy groups -OCH3 is 2. The minimum atomic E-state index is -0.460. The third kappa shape index (κ3) is 1.50. The molecule has 2 rings (SSSR count). The Bertz CT molecular complexity index is 494. The molecule has 15 heavy (non-hydrogen) atoms. The molecule has 0 fully saturated rings. The Balaban J connectivity index is 2.83. The molecular weight excluding hydrogens is 195 g/mol. The molecule has 0 aliphatic carbocycles. The van der Waals surface area contributed by atoms with Gasteiger partial charge in [-0.05, 0) is 11.5 Å². The fraction of sp³-hybridized carbons (Fsp3) is 0.167. The molecule has 78 valence electrons. The number of fused-ring (bicyclic) bond motifs is 1. The smallest absolute Gasteiger partial charge is 0.207 e. The van der Waals surface area contributed by atoms with Gasteiger partial charge >= 0.3 is 0 Å². The third-order valence-electron chi connectivity index (χ3n) is 2.33. The van der Waals surface area contributed by atoms with Crippen LogP contribution in [0.2, 0.25) is 0 Å². The van der Waals surface area contributed by atoms with Crippen LogP contribution in [-0.4, -0.2) is 14.2 Å². The molecule has 2 aromatic carbocycles. The Morgan fingerprint density at radius 2 is 1.80 bits per heavy atom. The molecule has 2 aromatic rings. The normalized spacial score (nSPS) is 10.3. The van der Waals surface area contributed by atoms with Gasteiger partial charge in [-0.1, -0.05) is 24.3 Å². The van der Waals surface area contributed by atoms with Gasteiger partial charge in [-0.15, -0.1) is 0 Å². The van der Waals surface area contributed by atoms with Gasteiger partial charge < -0.3 is 9.47 Å². The molecule has 0 radical (unpaired) electrons. The summed E-state index contributed by atoms with van der Waals surface area (Å²) in [4.78, 5) is 0. The second kappa shape index (κ2) is 3.77. The van der Waals surface area contributed by atoms with Crippen molar-refractivity contribution >= 4 is 10.8 Å². The lowest BCUT2D eigenvalue weighted by Crippen LogP contribution is -1.94. The van der Waals surface area contributed by atoms with Crippen molar-refractivity contribution in [3.05, 3.63) is 36.1 Å². The number of halogens is 1. The predicted molar refractivity (Wildman–Crippen MR) is 57.0 cm³/mol. The molecule has 0 N–H and O–H groups in total. The molecule has 0 unspecified atom stereocenters. The van der Waals surface area contributed by atoms with Gasteiger partial charge in [0.1, 0.15) is 0 Å². The first kappa shape index (κ1) is 9.77. The van der Waals surface area contributed by atoms with E-state index < -0.39 is 5.82 Å². The summed E-state index contributed by atoms with van der Waals surface area (Å²) in [7, 11) is 2.89. The van der Waals surface area contributed by atoms with Gasteiger partial charge in [0.2, 0.25) is 5.82 Å². The zero-order valence-electron chi connectivity index (χ0n) is 8.58. The average molecular weight is 206 g/mol. The molecule has 0 saturated carbocycles. The second-order valence-corrected chi connectivity index (χ2v) is 3.15. The molecule has 0 atom stereocenters. The maximum atomic E-state index is 13.8. The summed E-state index contributed by atoms with van der Waals surface area (Å²) >= 11 is 0. The molecule has 2 nitrogen and oxygen atoms in total. The highest BCUT2D eigenvalue weighted by Crippen LogP contribution is 2.34. The lowest BCUT2D eigenvalue weighted by molar-refractivity contribution is 0.354. The summed E-state index contributed by atoms with van der Waals surface area (Å²) in [5, 5.41) is 1.64. The summed E-state index contributed by atoms with van der Waals surface area (Å²) in [5.41, 5.74) is 0. The number of ether oxygens (including phenoxy) is 2. The summed E-state index contributed by atoms with van der Waals surface area (Å²) < 4.78 is 23.7. The van der Waals surface area contributed by atoms with E-state index in [4.69, 9.17) is 9.47 Å². The Morgan fingerprint density at radius 3 is 2.47 bits per heavy atom. The Kier molecular flexibility index (Phi) is 2.46. The Hall–Kier alpha value is -1.77. The first-order valence-corrected chi connectivity index (χ1v) is 4.57. The molecule has 0 spiro atoms. The van der Waals surface area contributed by atoms with Crippen molar-refractivity contribution in [1.29, 1.82) is 0 Å². The third-order valence-corrected chi connectivity index (χ3v) is 2.33. The van der Waals surface area contributed by atoms with Crippen LogP contribution in [0, 0.1) is 5.82 Å². The first-order chi connectivity index (χ1) is 7.27. The zero-order chi connectivity index (χ0) is 10.8. The summed E-state index contributed by atoms with van der Waals surface area (Å²) in [5.74, 6) is -0.0331. The van der Waals surface area contributed by atoms with Crippen LogP contribution in [-0.2, 0) is 0 Å². The standard InChI is InChI=1S/C12H11FO2/c1-14-10-7-8-5-3-4-6-9(8)12(15-2)11(10)13/h3-7H,1-2H3. The van der Waals surface area contributed by atoms with E-state index in [2.05, 4.69) is 0 Å². The Labute approximate surface area is 87.2 Å². The zero-order valence-corrected chi connectivity index (χ0v) is 8.58. The van der Waals surface area contributed by atoms with E-state index in [0.29, 0.717) is 0 Å². The molecule has 0 aliphatic heterocycles. The topological polar surface area (TPSA) is 18.5 Å². The number of benzene rings is 2. The molecule has 0 aliphatic rings. The monoisotopic (exact) mass is 206 g/mol. The van der Waals surface area contributed by atoms with Crippen molar-refractivity contribution in [3.8, 4) is 11.5 Å². The van der Waals surface area contributed by atoms with E-state index in [1.807, 2.05) is 24.3 Å². The van der Waals surface area contributed by atoms with Gasteiger partial charge in [-0.25, -0.2) is 0 Å². The molecule has 0 amide bonds. The lowest BCUT2D eigenvalue weighted by Gasteiger charge is -2.10.